The summed E-state index contributed by atoms with van der Waals surface area (Å²) < 4.78 is 7.21. The first-order valence-electron chi connectivity index (χ1n) is 8.67. The van der Waals surface area contributed by atoms with Gasteiger partial charge in [-0.1, -0.05) is 0 Å². The van der Waals surface area contributed by atoms with E-state index in [1.807, 2.05) is 38.3 Å². The third kappa shape index (κ3) is 4.20. The van der Waals surface area contributed by atoms with Crippen LogP contribution in [0.4, 0.5) is 5.82 Å². The lowest BCUT2D eigenvalue weighted by molar-refractivity contribution is -0.111. The van der Waals surface area contributed by atoms with Crippen molar-refractivity contribution in [1.29, 1.82) is 0 Å². The number of pyridine rings is 1. The summed E-state index contributed by atoms with van der Waals surface area (Å²) in [7, 11) is 0. The zero-order chi connectivity index (χ0) is 19.3. The van der Waals surface area contributed by atoms with Gasteiger partial charge in [0.2, 0.25) is 5.91 Å². The summed E-state index contributed by atoms with van der Waals surface area (Å²) in [5, 5.41) is 2.72. The van der Waals surface area contributed by atoms with Crippen LogP contribution in [0, 0.1) is 20.8 Å². The van der Waals surface area contributed by atoms with Gasteiger partial charge in [0.15, 0.2) is 0 Å². The van der Waals surface area contributed by atoms with Crippen LogP contribution < -0.4 is 5.32 Å². The number of aromatic nitrogens is 2. The number of aryl methyl sites for hydroxylation is 1. The number of rotatable bonds is 6. The molecular weight excluding hydrogens is 330 g/mol. The Morgan fingerprint density at radius 1 is 1.23 bits per heavy atom. The fraction of sp³-hybridized carbons (Fsp3) is 0.350. The van der Waals surface area contributed by atoms with E-state index in [1.54, 1.807) is 25.3 Å². The average molecular weight is 355 g/mol. The number of amides is 1. The minimum absolute atomic E-state index is 0.303. The van der Waals surface area contributed by atoms with Crippen molar-refractivity contribution in [2.45, 2.75) is 41.2 Å². The number of hydrogen-bond acceptors (Lipinski definition) is 4. The Morgan fingerprint density at radius 2 is 1.96 bits per heavy atom. The minimum atomic E-state index is -0.374. The zero-order valence-corrected chi connectivity index (χ0v) is 15.9. The second-order valence-corrected chi connectivity index (χ2v) is 5.97. The van der Waals surface area contributed by atoms with Gasteiger partial charge >= 0.3 is 5.97 Å². The molecule has 0 spiro atoms. The molecular formula is C20H25N3O3. The third-order valence-electron chi connectivity index (χ3n) is 4.19. The predicted molar refractivity (Wildman–Crippen MR) is 102 cm³/mol. The van der Waals surface area contributed by atoms with E-state index in [1.165, 1.54) is 6.08 Å². The van der Waals surface area contributed by atoms with Crippen molar-refractivity contribution < 1.29 is 14.3 Å². The van der Waals surface area contributed by atoms with Crippen LogP contribution in [0.15, 0.2) is 24.4 Å². The second-order valence-electron chi connectivity index (χ2n) is 5.97. The molecule has 1 amide bonds. The van der Waals surface area contributed by atoms with Gasteiger partial charge in [0.25, 0.3) is 0 Å². The summed E-state index contributed by atoms with van der Waals surface area (Å²) in [5.41, 5.74) is 3.98. The van der Waals surface area contributed by atoms with Gasteiger partial charge in [-0.3, -0.25) is 4.79 Å². The lowest BCUT2D eigenvalue weighted by Crippen LogP contribution is -2.10. The van der Waals surface area contributed by atoms with E-state index in [2.05, 4.69) is 10.3 Å². The van der Waals surface area contributed by atoms with Crippen LogP contribution in [-0.4, -0.2) is 28.0 Å². The molecule has 0 saturated heterocycles. The first kappa shape index (κ1) is 19.4. The molecule has 0 saturated carbocycles. The lowest BCUT2D eigenvalue weighted by atomic mass is 10.1. The summed E-state index contributed by atoms with van der Waals surface area (Å²) in [6.07, 6.45) is 4.71. The molecule has 0 aliphatic rings. The van der Waals surface area contributed by atoms with E-state index in [0.717, 1.165) is 23.5 Å². The number of hydrogen-bond donors (Lipinski definition) is 1. The van der Waals surface area contributed by atoms with Gasteiger partial charge in [-0.05, 0) is 58.4 Å². The third-order valence-corrected chi connectivity index (χ3v) is 4.19. The summed E-state index contributed by atoms with van der Waals surface area (Å²) >= 11 is 0. The zero-order valence-electron chi connectivity index (χ0n) is 15.9. The number of anilines is 1. The summed E-state index contributed by atoms with van der Waals surface area (Å²) in [4.78, 5) is 28.7. The maximum absolute atomic E-state index is 12.4. The summed E-state index contributed by atoms with van der Waals surface area (Å²) in [6.45, 7) is 10.6. The standard InChI is InChI=1S/C20H25N3O3/c1-6-23-14(4)16(19(15(23)5)20(25)26-7-2)8-9-18(24)22-17-12-13(3)10-11-21-17/h8-12H,6-7H2,1-5H3,(H,21,22,24)/b9-8+. The molecule has 0 unspecified atom stereocenters. The van der Waals surface area contributed by atoms with E-state index in [0.29, 0.717) is 23.6 Å². The minimum Gasteiger partial charge on any atom is -0.462 e. The number of nitrogens with one attached hydrogen (secondary N) is 1. The van der Waals surface area contributed by atoms with Gasteiger partial charge in [-0.2, -0.15) is 0 Å². The molecule has 6 nitrogen and oxygen atoms in total. The van der Waals surface area contributed by atoms with Crippen LogP contribution in [-0.2, 0) is 16.1 Å². The molecule has 2 rings (SSSR count). The van der Waals surface area contributed by atoms with Gasteiger partial charge in [-0.25, -0.2) is 9.78 Å². The number of nitrogens with zero attached hydrogens (tertiary/aromatic N) is 2. The fourth-order valence-electron chi connectivity index (χ4n) is 2.98. The maximum Gasteiger partial charge on any atom is 0.340 e. The molecule has 0 aliphatic carbocycles. The number of ether oxygens (including phenoxy) is 1. The smallest absolute Gasteiger partial charge is 0.340 e. The first-order valence-corrected chi connectivity index (χ1v) is 8.67. The highest BCUT2D eigenvalue weighted by atomic mass is 16.5. The highest BCUT2D eigenvalue weighted by Gasteiger charge is 2.22. The number of carbonyl (C=O) groups is 2. The largest absolute Gasteiger partial charge is 0.462 e. The van der Waals surface area contributed by atoms with Gasteiger partial charge in [-0.15, -0.1) is 0 Å². The summed E-state index contributed by atoms with van der Waals surface area (Å²) in [6, 6.07) is 3.65. The Morgan fingerprint density at radius 3 is 2.58 bits per heavy atom. The maximum atomic E-state index is 12.4. The lowest BCUT2D eigenvalue weighted by Gasteiger charge is -2.05. The molecule has 0 bridgehead atoms. The van der Waals surface area contributed by atoms with Gasteiger partial charge in [0, 0.05) is 35.8 Å². The quantitative estimate of drug-likeness (QED) is 0.634. The van der Waals surface area contributed by atoms with Gasteiger partial charge in [0.05, 0.1) is 12.2 Å². The van der Waals surface area contributed by atoms with E-state index in [9.17, 15) is 9.59 Å². The van der Waals surface area contributed by atoms with Crippen molar-refractivity contribution in [3.05, 3.63) is 52.5 Å². The normalized spacial score (nSPS) is 11.0. The molecule has 0 fully saturated rings. The van der Waals surface area contributed by atoms with Crippen molar-refractivity contribution >= 4 is 23.8 Å². The molecule has 138 valence electrons. The molecule has 0 radical (unpaired) electrons. The predicted octanol–water partition coefficient (Wildman–Crippen LogP) is 3.66. The Balaban J connectivity index is 2.31. The Kier molecular flexibility index (Phi) is 6.33. The van der Waals surface area contributed by atoms with Crippen molar-refractivity contribution in [2.75, 3.05) is 11.9 Å². The van der Waals surface area contributed by atoms with Crippen LogP contribution in [0.2, 0.25) is 0 Å². The van der Waals surface area contributed by atoms with Crippen molar-refractivity contribution in [2.24, 2.45) is 0 Å². The molecule has 1 N–H and O–H groups in total. The fourth-order valence-corrected chi connectivity index (χ4v) is 2.98. The van der Waals surface area contributed by atoms with Crippen molar-refractivity contribution in [3.63, 3.8) is 0 Å². The molecule has 0 atom stereocenters. The number of carbonyl (C=O) groups excluding carboxylic acids is 2. The molecule has 0 aromatic carbocycles. The van der Waals surface area contributed by atoms with E-state index in [-0.39, 0.29) is 11.9 Å². The highest BCUT2D eigenvalue weighted by molar-refractivity contribution is 6.03. The molecule has 6 heteroatoms. The van der Waals surface area contributed by atoms with Gasteiger partial charge in [0.1, 0.15) is 5.82 Å². The van der Waals surface area contributed by atoms with Crippen LogP contribution >= 0.6 is 0 Å². The van der Waals surface area contributed by atoms with E-state index >= 15 is 0 Å². The SMILES string of the molecule is CCOC(=O)c1c(/C=C/C(=O)Nc2cc(C)ccn2)c(C)n(CC)c1C. The molecule has 2 aromatic heterocycles. The van der Waals surface area contributed by atoms with Crippen LogP contribution in [0.1, 0.15) is 46.7 Å². The topological polar surface area (TPSA) is 73.2 Å². The monoisotopic (exact) mass is 355 g/mol. The Bertz CT molecular complexity index is 850. The molecule has 0 aliphatic heterocycles. The molecule has 2 aromatic rings. The Hall–Kier alpha value is -2.89. The van der Waals surface area contributed by atoms with Gasteiger partial charge < -0.3 is 14.6 Å². The molecule has 26 heavy (non-hydrogen) atoms. The van der Waals surface area contributed by atoms with E-state index in [4.69, 9.17) is 4.74 Å². The average Bonchev–Trinajstić information content (AvgIpc) is 2.82. The summed E-state index contributed by atoms with van der Waals surface area (Å²) in [5.74, 6) is -0.191. The first-order chi connectivity index (χ1) is 12.4. The highest BCUT2D eigenvalue weighted by Crippen LogP contribution is 2.25. The van der Waals surface area contributed by atoms with Crippen LogP contribution in [0.25, 0.3) is 6.08 Å². The van der Waals surface area contributed by atoms with E-state index < -0.39 is 0 Å². The van der Waals surface area contributed by atoms with Crippen LogP contribution in [0.3, 0.4) is 0 Å². The molecule has 2 heterocycles. The van der Waals surface area contributed by atoms with Crippen LogP contribution in [0.5, 0.6) is 0 Å². The van der Waals surface area contributed by atoms with Crippen molar-refractivity contribution in [1.82, 2.24) is 9.55 Å². The van der Waals surface area contributed by atoms with Crippen molar-refractivity contribution in [3.8, 4) is 0 Å². The Labute approximate surface area is 153 Å². The second kappa shape index (κ2) is 8.47. The number of esters is 1.